The molecule has 0 N–H and O–H groups in total. The molecule has 0 aliphatic heterocycles. The highest BCUT2D eigenvalue weighted by molar-refractivity contribution is 9.09. The van der Waals surface area contributed by atoms with Crippen LogP contribution in [-0.2, 0) is 0 Å². The predicted octanol–water partition coefficient (Wildman–Crippen LogP) is 3.83. The lowest BCUT2D eigenvalue weighted by atomic mass is 10.2. The van der Waals surface area contributed by atoms with Crippen LogP contribution in [0.5, 0.6) is 0 Å². The summed E-state index contributed by atoms with van der Waals surface area (Å²) in [6.45, 7) is 4.12. The molecule has 3 heteroatoms. The number of hydrogen-bond donors (Lipinski definition) is 0. The Kier molecular flexibility index (Phi) is 5.69. The topological polar surface area (TPSA) is 3.24 Å². The number of anilines is 1. The van der Waals surface area contributed by atoms with Crippen molar-refractivity contribution in [1.29, 1.82) is 0 Å². The SMILES string of the molecule is CCN(CCCCBr)c1ccc(F)cc1. The fraction of sp³-hybridized carbons (Fsp3) is 0.500. The van der Waals surface area contributed by atoms with Crippen molar-refractivity contribution >= 4 is 21.6 Å². The molecular formula is C12H17BrFN. The average Bonchev–Trinajstić information content (AvgIpc) is 2.26. The van der Waals surface area contributed by atoms with Gasteiger partial charge in [-0.05, 0) is 44.0 Å². The summed E-state index contributed by atoms with van der Waals surface area (Å²) in [5, 5.41) is 1.05. The van der Waals surface area contributed by atoms with E-state index in [0.29, 0.717) is 0 Å². The molecule has 0 radical (unpaired) electrons. The van der Waals surface area contributed by atoms with E-state index in [1.54, 1.807) is 0 Å². The van der Waals surface area contributed by atoms with Gasteiger partial charge in [0.25, 0.3) is 0 Å². The maximum Gasteiger partial charge on any atom is 0.123 e. The van der Waals surface area contributed by atoms with E-state index in [2.05, 4.69) is 27.8 Å². The minimum atomic E-state index is -0.171. The summed E-state index contributed by atoms with van der Waals surface area (Å²) in [4.78, 5) is 2.27. The minimum absolute atomic E-state index is 0.171. The predicted molar refractivity (Wildman–Crippen MR) is 67.3 cm³/mol. The second-order valence-electron chi connectivity index (χ2n) is 3.45. The highest BCUT2D eigenvalue weighted by atomic mass is 79.9. The second-order valence-corrected chi connectivity index (χ2v) is 4.25. The van der Waals surface area contributed by atoms with Gasteiger partial charge in [0.1, 0.15) is 5.82 Å². The second kappa shape index (κ2) is 6.83. The molecule has 0 unspecified atom stereocenters. The molecule has 0 spiro atoms. The van der Waals surface area contributed by atoms with Crippen molar-refractivity contribution in [3.8, 4) is 0 Å². The van der Waals surface area contributed by atoms with Gasteiger partial charge in [0.2, 0.25) is 0 Å². The van der Waals surface area contributed by atoms with E-state index in [9.17, 15) is 4.39 Å². The van der Waals surface area contributed by atoms with Gasteiger partial charge in [-0.15, -0.1) is 0 Å². The largest absolute Gasteiger partial charge is 0.372 e. The first-order valence-electron chi connectivity index (χ1n) is 5.34. The maximum absolute atomic E-state index is 12.7. The Morgan fingerprint density at radius 3 is 2.40 bits per heavy atom. The van der Waals surface area contributed by atoms with E-state index in [4.69, 9.17) is 0 Å². The van der Waals surface area contributed by atoms with Crippen molar-refractivity contribution in [3.05, 3.63) is 30.1 Å². The molecule has 1 aromatic rings. The van der Waals surface area contributed by atoms with Gasteiger partial charge in [-0.25, -0.2) is 4.39 Å². The third-order valence-electron chi connectivity index (χ3n) is 2.39. The molecule has 15 heavy (non-hydrogen) atoms. The molecule has 0 amide bonds. The summed E-state index contributed by atoms with van der Waals surface area (Å²) in [7, 11) is 0. The number of unbranched alkanes of at least 4 members (excludes halogenated alkanes) is 1. The van der Waals surface area contributed by atoms with Gasteiger partial charge < -0.3 is 4.90 Å². The maximum atomic E-state index is 12.7. The molecule has 0 heterocycles. The molecule has 0 saturated carbocycles. The standard InChI is InChI=1S/C12H17BrFN/c1-2-15(10-4-3-9-13)12-7-5-11(14)6-8-12/h5-8H,2-4,9-10H2,1H3. The van der Waals surface area contributed by atoms with E-state index in [1.807, 2.05) is 12.1 Å². The first-order valence-corrected chi connectivity index (χ1v) is 6.46. The van der Waals surface area contributed by atoms with Crippen LogP contribution in [-0.4, -0.2) is 18.4 Å². The summed E-state index contributed by atoms with van der Waals surface area (Å²) in [5.41, 5.74) is 1.11. The van der Waals surface area contributed by atoms with Crippen molar-refractivity contribution in [2.75, 3.05) is 23.3 Å². The zero-order valence-electron chi connectivity index (χ0n) is 9.05. The summed E-state index contributed by atoms with van der Waals surface area (Å²) in [6, 6.07) is 6.71. The summed E-state index contributed by atoms with van der Waals surface area (Å²) < 4.78 is 12.7. The number of benzene rings is 1. The van der Waals surface area contributed by atoms with Crippen LogP contribution in [0.1, 0.15) is 19.8 Å². The van der Waals surface area contributed by atoms with Crippen LogP contribution in [0.15, 0.2) is 24.3 Å². The fourth-order valence-electron chi connectivity index (χ4n) is 1.52. The molecule has 1 rings (SSSR count). The monoisotopic (exact) mass is 273 g/mol. The molecule has 0 saturated heterocycles. The lowest BCUT2D eigenvalue weighted by Crippen LogP contribution is -2.23. The van der Waals surface area contributed by atoms with Crippen LogP contribution in [0.25, 0.3) is 0 Å². The van der Waals surface area contributed by atoms with Gasteiger partial charge >= 0.3 is 0 Å². The van der Waals surface area contributed by atoms with Crippen molar-refractivity contribution < 1.29 is 4.39 Å². The van der Waals surface area contributed by atoms with Crippen LogP contribution < -0.4 is 4.90 Å². The molecule has 0 bridgehead atoms. The van der Waals surface area contributed by atoms with Crippen LogP contribution in [0.2, 0.25) is 0 Å². The van der Waals surface area contributed by atoms with E-state index in [-0.39, 0.29) is 5.82 Å². The number of halogens is 2. The Hall–Kier alpha value is -0.570. The molecule has 0 aromatic heterocycles. The van der Waals surface area contributed by atoms with Crippen molar-refractivity contribution in [2.24, 2.45) is 0 Å². The van der Waals surface area contributed by atoms with Gasteiger partial charge in [0.05, 0.1) is 0 Å². The van der Waals surface area contributed by atoms with Crippen LogP contribution in [0, 0.1) is 5.82 Å². The molecule has 1 nitrogen and oxygen atoms in total. The Morgan fingerprint density at radius 1 is 1.20 bits per heavy atom. The molecule has 84 valence electrons. The Balaban J connectivity index is 2.53. The Labute approximate surface area is 99.4 Å². The van der Waals surface area contributed by atoms with Crippen LogP contribution in [0.4, 0.5) is 10.1 Å². The number of nitrogens with zero attached hydrogens (tertiary/aromatic N) is 1. The average molecular weight is 274 g/mol. The molecule has 0 aliphatic carbocycles. The summed E-state index contributed by atoms with van der Waals surface area (Å²) in [5.74, 6) is -0.171. The highest BCUT2D eigenvalue weighted by Gasteiger charge is 2.03. The van der Waals surface area contributed by atoms with E-state index < -0.39 is 0 Å². The summed E-state index contributed by atoms with van der Waals surface area (Å²) >= 11 is 3.42. The molecule has 0 atom stereocenters. The number of alkyl halides is 1. The van der Waals surface area contributed by atoms with Crippen molar-refractivity contribution in [3.63, 3.8) is 0 Å². The van der Waals surface area contributed by atoms with Crippen molar-refractivity contribution in [1.82, 2.24) is 0 Å². The number of hydrogen-bond acceptors (Lipinski definition) is 1. The van der Waals surface area contributed by atoms with Gasteiger partial charge in [0.15, 0.2) is 0 Å². The zero-order chi connectivity index (χ0) is 11.1. The molecular weight excluding hydrogens is 257 g/mol. The zero-order valence-corrected chi connectivity index (χ0v) is 10.6. The molecule has 0 fully saturated rings. The molecule has 0 aliphatic rings. The molecule has 1 aromatic carbocycles. The number of rotatable bonds is 6. The van der Waals surface area contributed by atoms with Crippen molar-refractivity contribution in [2.45, 2.75) is 19.8 Å². The lowest BCUT2D eigenvalue weighted by molar-refractivity contribution is 0.627. The van der Waals surface area contributed by atoms with Gasteiger partial charge in [-0.1, -0.05) is 15.9 Å². The first-order chi connectivity index (χ1) is 7.27. The van der Waals surface area contributed by atoms with E-state index in [1.165, 1.54) is 18.6 Å². The normalized spacial score (nSPS) is 10.3. The first kappa shape index (κ1) is 12.5. The third kappa shape index (κ3) is 4.20. The van der Waals surface area contributed by atoms with Crippen LogP contribution >= 0.6 is 15.9 Å². The Bertz CT molecular complexity index is 273. The lowest BCUT2D eigenvalue weighted by Gasteiger charge is -2.22. The fourth-order valence-corrected chi connectivity index (χ4v) is 1.92. The highest BCUT2D eigenvalue weighted by Crippen LogP contribution is 2.15. The minimum Gasteiger partial charge on any atom is -0.372 e. The third-order valence-corrected chi connectivity index (χ3v) is 2.95. The van der Waals surface area contributed by atoms with Gasteiger partial charge in [-0.2, -0.15) is 0 Å². The van der Waals surface area contributed by atoms with Gasteiger partial charge in [-0.3, -0.25) is 0 Å². The quantitative estimate of drug-likeness (QED) is 0.563. The summed E-state index contributed by atoms with van der Waals surface area (Å²) in [6.07, 6.45) is 2.34. The van der Waals surface area contributed by atoms with E-state index >= 15 is 0 Å². The van der Waals surface area contributed by atoms with E-state index in [0.717, 1.165) is 30.5 Å². The van der Waals surface area contributed by atoms with Crippen LogP contribution in [0.3, 0.4) is 0 Å². The van der Waals surface area contributed by atoms with Gasteiger partial charge in [0, 0.05) is 24.1 Å². The Morgan fingerprint density at radius 2 is 1.87 bits per heavy atom. The smallest absolute Gasteiger partial charge is 0.123 e.